The lowest BCUT2D eigenvalue weighted by Crippen LogP contribution is -2.13. The first-order chi connectivity index (χ1) is 9.33. The molecule has 20 heavy (non-hydrogen) atoms. The van der Waals surface area contributed by atoms with E-state index < -0.39 is 14.9 Å². The van der Waals surface area contributed by atoms with Crippen molar-refractivity contribution in [2.75, 3.05) is 11.8 Å². The maximum atomic E-state index is 12.2. The van der Waals surface area contributed by atoms with Crippen LogP contribution < -0.4 is 14.3 Å². The zero-order valence-electron chi connectivity index (χ0n) is 10.6. The molecule has 0 bridgehead atoms. The molecule has 0 aliphatic heterocycles. The van der Waals surface area contributed by atoms with Gasteiger partial charge in [-0.3, -0.25) is 9.52 Å². The van der Waals surface area contributed by atoms with Crippen LogP contribution in [0.15, 0.2) is 27.2 Å². The predicted molar refractivity (Wildman–Crippen MR) is 78.5 cm³/mol. The quantitative estimate of drug-likeness (QED) is 0.897. The molecule has 0 aliphatic carbocycles. The molecule has 0 saturated carbocycles. The molecular weight excluding hydrogens is 324 g/mol. The molecule has 2 rings (SSSR count). The number of thiazole rings is 1. The summed E-state index contributed by atoms with van der Waals surface area (Å²) in [7, 11) is -2.41. The Labute approximate surface area is 124 Å². The van der Waals surface area contributed by atoms with Crippen molar-refractivity contribution < 1.29 is 13.2 Å². The lowest BCUT2D eigenvalue weighted by atomic mass is 10.3. The number of benzene rings is 1. The minimum absolute atomic E-state index is 0.0682. The lowest BCUT2D eigenvalue weighted by Gasteiger charge is -2.10. The first kappa shape index (κ1) is 14.9. The Balaban J connectivity index is 2.43. The maximum Gasteiger partial charge on any atom is 0.306 e. The summed E-state index contributed by atoms with van der Waals surface area (Å²) in [5.74, 6) is 0.464. The van der Waals surface area contributed by atoms with E-state index in [1.165, 1.54) is 26.2 Å². The summed E-state index contributed by atoms with van der Waals surface area (Å²) in [5.41, 5.74) is 0.470. The van der Waals surface area contributed by atoms with Crippen molar-refractivity contribution in [3.8, 4) is 5.75 Å². The van der Waals surface area contributed by atoms with Gasteiger partial charge in [0.15, 0.2) is 4.21 Å². The monoisotopic (exact) mass is 334 g/mol. The number of halogens is 1. The van der Waals surface area contributed by atoms with Crippen molar-refractivity contribution in [1.82, 2.24) is 4.98 Å². The predicted octanol–water partition coefficient (Wildman–Crippen LogP) is 2.21. The normalized spacial score (nSPS) is 11.3. The number of methoxy groups -OCH3 is 1. The van der Waals surface area contributed by atoms with Crippen molar-refractivity contribution in [2.24, 2.45) is 0 Å². The summed E-state index contributed by atoms with van der Waals surface area (Å²) < 4.78 is 31.7. The number of aryl methyl sites for hydroxylation is 1. The van der Waals surface area contributed by atoms with Gasteiger partial charge < -0.3 is 9.72 Å². The molecule has 0 atom stereocenters. The van der Waals surface area contributed by atoms with Crippen LogP contribution in [0.3, 0.4) is 0 Å². The van der Waals surface area contributed by atoms with Gasteiger partial charge >= 0.3 is 4.87 Å². The van der Waals surface area contributed by atoms with E-state index in [4.69, 9.17) is 16.3 Å². The third-order valence-corrected chi connectivity index (χ3v) is 5.74. The van der Waals surface area contributed by atoms with Gasteiger partial charge in [-0.15, -0.1) is 0 Å². The van der Waals surface area contributed by atoms with E-state index in [1.54, 1.807) is 6.07 Å². The van der Waals surface area contributed by atoms with E-state index in [1.807, 2.05) is 0 Å². The van der Waals surface area contributed by atoms with Crippen LogP contribution in [0.25, 0.3) is 0 Å². The van der Waals surface area contributed by atoms with Crippen LogP contribution in [0.4, 0.5) is 5.69 Å². The van der Waals surface area contributed by atoms with Crippen molar-refractivity contribution in [2.45, 2.75) is 11.1 Å². The van der Waals surface area contributed by atoms with E-state index in [9.17, 15) is 13.2 Å². The molecule has 2 N–H and O–H groups in total. The second-order valence-electron chi connectivity index (χ2n) is 3.88. The number of anilines is 1. The standard InChI is InChI=1S/C11H11ClN2O4S2/c1-6-10(19-11(15)13-6)20(16,17)14-9-5-7(18-2)3-4-8(9)12/h3-5,14H,1-2H3,(H,13,15). The lowest BCUT2D eigenvalue weighted by molar-refractivity contribution is 0.415. The van der Waals surface area contributed by atoms with Crippen molar-refractivity contribution >= 4 is 38.6 Å². The maximum absolute atomic E-state index is 12.2. The third-order valence-electron chi connectivity index (χ3n) is 2.44. The van der Waals surface area contributed by atoms with Gasteiger partial charge in [0.25, 0.3) is 10.0 Å². The van der Waals surface area contributed by atoms with Gasteiger partial charge in [-0.2, -0.15) is 0 Å². The number of aromatic nitrogens is 1. The summed E-state index contributed by atoms with van der Waals surface area (Å²) in [6.45, 7) is 1.51. The molecule has 1 aromatic carbocycles. The van der Waals surface area contributed by atoms with E-state index in [2.05, 4.69) is 9.71 Å². The van der Waals surface area contributed by atoms with Crippen molar-refractivity contribution in [3.63, 3.8) is 0 Å². The minimum atomic E-state index is -3.87. The zero-order valence-corrected chi connectivity index (χ0v) is 12.9. The first-order valence-electron chi connectivity index (χ1n) is 5.39. The molecule has 2 aromatic rings. The fourth-order valence-electron chi connectivity index (χ4n) is 1.55. The van der Waals surface area contributed by atoms with Crippen LogP contribution >= 0.6 is 22.9 Å². The number of aromatic amines is 1. The van der Waals surface area contributed by atoms with Crippen molar-refractivity contribution in [1.29, 1.82) is 0 Å². The molecule has 0 saturated heterocycles. The van der Waals surface area contributed by atoms with Gasteiger partial charge in [-0.1, -0.05) is 22.9 Å². The number of rotatable bonds is 4. The molecule has 0 fully saturated rings. The zero-order chi connectivity index (χ0) is 14.9. The van der Waals surface area contributed by atoms with Crippen LogP contribution in [-0.4, -0.2) is 20.5 Å². The largest absolute Gasteiger partial charge is 0.497 e. The number of hydrogen-bond acceptors (Lipinski definition) is 5. The number of hydrogen-bond donors (Lipinski definition) is 2. The van der Waals surface area contributed by atoms with Crippen LogP contribution in [-0.2, 0) is 10.0 Å². The SMILES string of the molecule is COc1ccc(Cl)c(NS(=O)(=O)c2sc(=O)[nH]c2C)c1. The van der Waals surface area contributed by atoms with Gasteiger partial charge in [0, 0.05) is 11.8 Å². The highest BCUT2D eigenvalue weighted by molar-refractivity contribution is 7.94. The molecule has 1 aromatic heterocycles. The Morgan fingerprint density at radius 1 is 1.40 bits per heavy atom. The summed E-state index contributed by atoms with van der Waals surface area (Å²) in [6.07, 6.45) is 0. The van der Waals surface area contributed by atoms with E-state index >= 15 is 0 Å². The van der Waals surface area contributed by atoms with Crippen LogP contribution in [0.5, 0.6) is 5.75 Å². The summed E-state index contributed by atoms with van der Waals surface area (Å²) >= 11 is 6.56. The summed E-state index contributed by atoms with van der Waals surface area (Å²) in [4.78, 5) is 13.2. The Bertz CT molecular complexity index is 795. The van der Waals surface area contributed by atoms with E-state index in [0.29, 0.717) is 17.1 Å². The molecule has 108 valence electrons. The van der Waals surface area contributed by atoms with Gasteiger partial charge in [0.05, 0.1) is 17.8 Å². The average Bonchev–Trinajstić information content (AvgIpc) is 2.72. The number of sulfonamides is 1. The Morgan fingerprint density at radius 2 is 2.10 bits per heavy atom. The molecule has 1 heterocycles. The summed E-state index contributed by atoms with van der Waals surface area (Å²) in [6, 6.07) is 4.59. The second kappa shape index (κ2) is 5.47. The molecular formula is C11H11ClN2O4S2. The minimum Gasteiger partial charge on any atom is -0.497 e. The Hall–Kier alpha value is -1.51. The Kier molecular flexibility index (Phi) is 4.07. The van der Waals surface area contributed by atoms with E-state index in [0.717, 1.165) is 0 Å². The number of H-pyrrole nitrogens is 1. The third kappa shape index (κ3) is 2.97. The number of ether oxygens (including phenoxy) is 1. The summed E-state index contributed by atoms with van der Waals surface area (Å²) in [5, 5.41) is 0.231. The molecule has 0 amide bonds. The molecule has 0 radical (unpaired) electrons. The molecule has 0 aliphatic rings. The molecule has 0 spiro atoms. The molecule has 0 unspecified atom stereocenters. The van der Waals surface area contributed by atoms with Crippen LogP contribution in [0, 0.1) is 6.92 Å². The van der Waals surface area contributed by atoms with Crippen LogP contribution in [0.1, 0.15) is 5.69 Å². The Morgan fingerprint density at radius 3 is 2.65 bits per heavy atom. The van der Waals surface area contributed by atoms with Crippen LogP contribution in [0.2, 0.25) is 5.02 Å². The van der Waals surface area contributed by atoms with E-state index in [-0.39, 0.29) is 20.6 Å². The number of nitrogens with one attached hydrogen (secondary N) is 2. The second-order valence-corrected chi connectivity index (χ2v) is 7.15. The first-order valence-corrected chi connectivity index (χ1v) is 8.07. The highest BCUT2D eigenvalue weighted by Gasteiger charge is 2.21. The van der Waals surface area contributed by atoms with Gasteiger partial charge in [-0.25, -0.2) is 8.42 Å². The average molecular weight is 335 g/mol. The molecule has 6 nitrogen and oxygen atoms in total. The smallest absolute Gasteiger partial charge is 0.306 e. The fraction of sp³-hybridized carbons (Fsp3) is 0.182. The molecule has 9 heteroatoms. The fourth-order valence-corrected chi connectivity index (χ4v) is 4.14. The highest BCUT2D eigenvalue weighted by Crippen LogP contribution is 2.29. The van der Waals surface area contributed by atoms with Gasteiger partial charge in [0.1, 0.15) is 5.75 Å². The van der Waals surface area contributed by atoms with Gasteiger partial charge in [-0.05, 0) is 19.1 Å². The van der Waals surface area contributed by atoms with Gasteiger partial charge in [0.2, 0.25) is 0 Å². The topological polar surface area (TPSA) is 88.3 Å². The highest BCUT2D eigenvalue weighted by atomic mass is 35.5. The van der Waals surface area contributed by atoms with Crippen molar-refractivity contribution in [3.05, 3.63) is 38.6 Å².